The van der Waals surface area contributed by atoms with Crippen molar-refractivity contribution >= 4 is 17.9 Å². The molecule has 8 aliphatic carbocycles. The van der Waals surface area contributed by atoms with E-state index in [1.54, 1.807) is 6.92 Å². The third-order valence-corrected chi connectivity index (χ3v) is 18.8. The van der Waals surface area contributed by atoms with E-state index < -0.39 is 5.60 Å². The van der Waals surface area contributed by atoms with Crippen LogP contribution < -0.4 is 0 Å². The Morgan fingerprint density at radius 2 is 1.14 bits per heavy atom. The molecule has 4 bridgehead atoms. The van der Waals surface area contributed by atoms with Crippen molar-refractivity contribution in [1.29, 1.82) is 0 Å². The van der Waals surface area contributed by atoms with Crippen molar-refractivity contribution in [2.45, 2.75) is 176 Å². The second kappa shape index (κ2) is 11.7. The molecule has 5 unspecified atom stereocenters. The van der Waals surface area contributed by atoms with E-state index in [4.69, 9.17) is 14.2 Å². The van der Waals surface area contributed by atoms with Gasteiger partial charge in [0.25, 0.3) is 0 Å². The Balaban J connectivity index is 0.938. The van der Waals surface area contributed by atoms with Gasteiger partial charge < -0.3 is 19.3 Å². The predicted octanol–water partition coefficient (Wildman–Crippen LogP) is 8.83. The molecule has 0 heterocycles. The molecular formula is C44H68O7. The molecular weight excluding hydrogens is 640 g/mol. The van der Waals surface area contributed by atoms with E-state index >= 15 is 0 Å². The van der Waals surface area contributed by atoms with Gasteiger partial charge in [-0.2, -0.15) is 0 Å². The van der Waals surface area contributed by atoms with Gasteiger partial charge in [-0.1, -0.05) is 41.5 Å². The minimum absolute atomic E-state index is 0.0208. The van der Waals surface area contributed by atoms with Gasteiger partial charge >= 0.3 is 17.9 Å². The van der Waals surface area contributed by atoms with Gasteiger partial charge in [0.1, 0.15) is 24.4 Å². The van der Waals surface area contributed by atoms with Crippen LogP contribution in [-0.2, 0) is 28.6 Å². The quantitative estimate of drug-likeness (QED) is 0.225. The van der Waals surface area contributed by atoms with Crippen LogP contribution in [0.3, 0.4) is 0 Å². The lowest BCUT2D eigenvalue weighted by Gasteiger charge is -2.65. The summed E-state index contributed by atoms with van der Waals surface area (Å²) in [5.41, 5.74) is -0.415. The van der Waals surface area contributed by atoms with Gasteiger partial charge in [0.05, 0.1) is 5.92 Å². The van der Waals surface area contributed by atoms with Crippen LogP contribution in [0.5, 0.6) is 0 Å². The SMILES string of the molecule is CC(=O)O[C@@H]1CC[C@@]2(C)[C@@H]3CCC4CC3(CC[C@@H]2C1(C)C)CC4C(=O)OC[C@@]1(O)CC23CC[C@@H]4C(C)(C)[C@H](OC(C)=O)CC[C@@]4(C)[C@@H]2CCC1C3. The molecule has 0 aromatic heterocycles. The number of rotatable bonds is 5. The minimum atomic E-state index is -0.940. The Morgan fingerprint density at radius 1 is 0.608 bits per heavy atom. The Kier molecular flexibility index (Phi) is 8.33. The van der Waals surface area contributed by atoms with Gasteiger partial charge in [-0.3, -0.25) is 14.4 Å². The number of aliphatic hydroxyl groups is 1. The Hall–Kier alpha value is -1.63. The summed E-state index contributed by atoms with van der Waals surface area (Å²) in [7, 11) is 0. The van der Waals surface area contributed by atoms with Crippen LogP contribution in [0, 0.1) is 73.9 Å². The van der Waals surface area contributed by atoms with Crippen molar-refractivity contribution in [1.82, 2.24) is 0 Å². The van der Waals surface area contributed by atoms with Gasteiger partial charge in [0, 0.05) is 24.7 Å². The van der Waals surface area contributed by atoms with Crippen molar-refractivity contribution in [3.63, 3.8) is 0 Å². The zero-order chi connectivity index (χ0) is 36.6. The van der Waals surface area contributed by atoms with Crippen molar-refractivity contribution in [2.24, 2.45) is 73.9 Å². The number of carbonyl (C=O) groups is 3. The molecule has 8 aliphatic rings. The van der Waals surface area contributed by atoms with Crippen LogP contribution in [0.15, 0.2) is 0 Å². The normalized spacial score (nSPS) is 51.6. The summed E-state index contributed by atoms with van der Waals surface area (Å²) in [4.78, 5) is 38.1. The lowest BCUT2D eigenvalue weighted by Crippen LogP contribution is -2.59. The molecule has 14 atom stereocenters. The second-order valence-corrected chi connectivity index (χ2v) is 21.7. The van der Waals surface area contributed by atoms with E-state index in [1.165, 1.54) is 13.3 Å². The highest BCUT2D eigenvalue weighted by molar-refractivity contribution is 5.73. The van der Waals surface area contributed by atoms with Crippen LogP contribution in [0.1, 0.15) is 158 Å². The van der Waals surface area contributed by atoms with Crippen molar-refractivity contribution in [2.75, 3.05) is 6.61 Å². The highest BCUT2D eigenvalue weighted by Gasteiger charge is 2.70. The van der Waals surface area contributed by atoms with Crippen LogP contribution in [0.25, 0.3) is 0 Å². The van der Waals surface area contributed by atoms with E-state index in [2.05, 4.69) is 41.5 Å². The summed E-state index contributed by atoms with van der Waals surface area (Å²) < 4.78 is 18.1. The van der Waals surface area contributed by atoms with E-state index in [1.807, 2.05) is 0 Å². The molecule has 1 N–H and O–H groups in total. The molecule has 0 aliphatic heterocycles. The first-order valence-electron chi connectivity index (χ1n) is 21.0. The fourth-order valence-corrected chi connectivity index (χ4v) is 17.0. The number of hydrogen-bond acceptors (Lipinski definition) is 7. The molecule has 0 aromatic carbocycles. The maximum absolute atomic E-state index is 14.1. The smallest absolute Gasteiger partial charge is 0.309 e. The summed E-state index contributed by atoms with van der Waals surface area (Å²) >= 11 is 0. The topological polar surface area (TPSA) is 99.1 Å². The largest absolute Gasteiger partial charge is 0.462 e. The molecule has 2 spiro atoms. The van der Waals surface area contributed by atoms with Crippen molar-refractivity contribution < 1.29 is 33.7 Å². The first-order valence-corrected chi connectivity index (χ1v) is 21.0. The van der Waals surface area contributed by atoms with E-state index in [0.717, 1.165) is 96.3 Å². The number of fused-ring (bicyclic) bond motifs is 6. The molecule has 7 heteroatoms. The molecule has 0 amide bonds. The fourth-order valence-electron chi connectivity index (χ4n) is 17.0. The number of hydrogen-bond donors (Lipinski definition) is 1. The van der Waals surface area contributed by atoms with Crippen LogP contribution >= 0.6 is 0 Å². The lowest BCUT2D eigenvalue weighted by molar-refractivity contribution is -0.197. The monoisotopic (exact) mass is 708 g/mol. The first kappa shape index (κ1) is 36.4. The van der Waals surface area contributed by atoms with E-state index in [-0.39, 0.29) is 81.0 Å². The third-order valence-electron chi connectivity index (χ3n) is 18.8. The Labute approximate surface area is 307 Å². The standard InChI is InChI=1S/C44H68O7/c1-26(45)50-35-15-17-40(7)31(38(35,3)4)13-19-42-21-28(9-11-33(40)42)30(23-42)37(47)49-25-44(48)24-43-20-14-32-39(5,6)36(51-27(2)46)16-18-41(32,8)34(43)12-10-29(44)22-43/h28-36,48H,9-25H2,1-8H3/t28?,29?,30?,31-,32-,33+,34+,35-,36-,40-,41-,42?,43?,44+/m1/s1. The van der Waals surface area contributed by atoms with Crippen molar-refractivity contribution in [3.05, 3.63) is 0 Å². The summed E-state index contributed by atoms with van der Waals surface area (Å²) in [6.07, 6.45) is 16.7. The molecule has 0 radical (unpaired) electrons. The maximum atomic E-state index is 14.1. The third kappa shape index (κ3) is 5.20. The molecule has 8 rings (SSSR count). The first-order chi connectivity index (χ1) is 23.8. The van der Waals surface area contributed by atoms with E-state index in [0.29, 0.717) is 29.6 Å². The number of ether oxygens (including phenoxy) is 3. The van der Waals surface area contributed by atoms with Crippen LogP contribution in [0.4, 0.5) is 0 Å². The van der Waals surface area contributed by atoms with Gasteiger partial charge in [-0.05, 0) is 160 Å². The zero-order valence-corrected chi connectivity index (χ0v) is 33.1. The minimum Gasteiger partial charge on any atom is -0.462 e. The van der Waals surface area contributed by atoms with Gasteiger partial charge in [0.15, 0.2) is 0 Å². The summed E-state index contributed by atoms with van der Waals surface area (Å²) in [6.45, 7) is 17.6. The van der Waals surface area contributed by atoms with Gasteiger partial charge in [-0.25, -0.2) is 0 Å². The molecule has 8 saturated carbocycles. The number of esters is 3. The van der Waals surface area contributed by atoms with Gasteiger partial charge in [-0.15, -0.1) is 0 Å². The molecule has 8 fully saturated rings. The summed E-state index contributed by atoms with van der Waals surface area (Å²) in [5.74, 6) is 2.26. The Bertz CT molecular complexity index is 1450. The maximum Gasteiger partial charge on any atom is 0.309 e. The fraction of sp³-hybridized carbons (Fsp3) is 0.932. The zero-order valence-electron chi connectivity index (χ0n) is 33.1. The molecule has 7 nitrogen and oxygen atoms in total. The predicted molar refractivity (Wildman–Crippen MR) is 194 cm³/mol. The molecule has 51 heavy (non-hydrogen) atoms. The Morgan fingerprint density at radius 3 is 1.71 bits per heavy atom. The van der Waals surface area contributed by atoms with Crippen molar-refractivity contribution in [3.8, 4) is 0 Å². The second-order valence-electron chi connectivity index (χ2n) is 21.7. The molecule has 0 aromatic rings. The summed E-state index contributed by atoms with van der Waals surface area (Å²) in [6, 6.07) is 0. The van der Waals surface area contributed by atoms with Gasteiger partial charge in [0.2, 0.25) is 0 Å². The highest BCUT2D eigenvalue weighted by Crippen LogP contribution is 2.74. The van der Waals surface area contributed by atoms with E-state index in [9.17, 15) is 19.5 Å². The number of carbonyl (C=O) groups excluding carboxylic acids is 3. The molecule has 0 saturated heterocycles. The lowest BCUT2D eigenvalue weighted by atomic mass is 9.41. The average Bonchev–Trinajstić information content (AvgIpc) is 3.43. The van der Waals surface area contributed by atoms with Crippen LogP contribution in [-0.4, -0.2) is 47.4 Å². The summed E-state index contributed by atoms with van der Waals surface area (Å²) in [5, 5.41) is 12.4. The highest BCUT2D eigenvalue weighted by atomic mass is 16.6. The molecule has 286 valence electrons. The van der Waals surface area contributed by atoms with Crippen LogP contribution in [0.2, 0.25) is 0 Å². The average molecular weight is 709 g/mol.